The molecule has 0 amide bonds. The quantitative estimate of drug-likeness (QED) is 0.167. The molecule has 0 fully saturated rings. The first-order valence-electron chi connectivity index (χ1n) is 20.3. The van der Waals surface area contributed by atoms with Gasteiger partial charge in [-0.05, 0) is 91.6 Å². The van der Waals surface area contributed by atoms with E-state index in [0.717, 1.165) is 82.3 Å². The van der Waals surface area contributed by atoms with Crippen molar-refractivity contribution in [3.63, 3.8) is 0 Å². The molecular weight excluding hydrogens is 733 g/mol. The van der Waals surface area contributed by atoms with E-state index < -0.39 is 0 Å². The predicted molar refractivity (Wildman–Crippen MR) is 248 cm³/mol. The predicted octanol–water partition coefficient (Wildman–Crippen LogP) is 14.5. The van der Waals surface area contributed by atoms with Crippen LogP contribution in [0.5, 0.6) is 0 Å². The summed E-state index contributed by atoms with van der Waals surface area (Å²) in [6, 6.07) is 68.6. The van der Waals surface area contributed by atoms with Gasteiger partial charge in [0, 0.05) is 32.8 Å². The molecule has 3 aromatic heterocycles. The Morgan fingerprint density at radius 2 is 0.933 bits per heavy atom. The highest BCUT2D eigenvalue weighted by molar-refractivity contribution is 6.17. The Bertz CT molecular complexity index is 3910. The van der Waals surface area contributed by atoms with Gasteiger partial charge in [0.05, 0.1) is 22.1 Å². The van der Waals surface area contributed by atoms with Crippen LogP contribution < -0.4 is 0 Å². The lowest BCUT2D eigenvalue weighted by Gasteiger charge is -2.14. The molecule has 60 heavy (non-hydrogen) atoms. The molecule has 13 rings (SSSR count). The van der Waals surface area contributed by atoms with Gasteiger partial charge in [0.15, 0.2) is 17.5 Å². The summed E-state index contributed by atoms with van der Waals surface area (Å²) in [6.07, 6.45) is 0. The van der Waals surface area contributed by atoms with Gasteiger partial charge in [-0.15, -0.1) is 0 Å². The summed E-state index contributed by atoms with van der Waals surface area (Å²) in [5.74, 6) is 1.78. The van der Waals surface area contributed by atoms with Gasteiger partial charge < -0.3 is 8.98 Å². The van der Waals surface area contributed by atoms with E-state index in [1.54, 1.807) is 0 Å². The van der Waals surface area contributed by atoms with Crippen LogP contribution in [0.2, 0.25) is 0 Å². The molecule has 3 heterocycles. The molecule has 5 heteroatoms. The number of aromatic nitrogens is 4. The number of hydrogen-bond donors (Lipinski definition) is 0. The highest BCUT2D eigenvalue weighted by Gasteiger charge is 2.22. The molecule has 0 spiro atoms. The maximum atomic E-state index is 6.75. The number of hydrogen-bond acceptors (Lipinski definition) is 4. The van der Waals surface area contributed by atoms with Crippen molar-refractivity contribution >= 4 is 86.8 Å². The second-order valence-electron chi connectivity index (χ2n) is 15.6. The van der Waals surface area contributed by atoms with Gasteiger partial charge in [-0.2, -0.15) is 0 Å². The molecule has 0 radical (unpaired) electrons. The molecule has 0 aliphatic rings. The van der Waals surface area contributed by atoms with E-state index in [9.17, 15) is 0 Å². The second-order valence-corrected chi connectivity index (χ2v) is 15.6. The molecule has 10 aromatic carbocycles. The van der Waals surface area contributed by atoms with E-state index in [1.807, 2.05) is 12.1 Å². The van der Waals surface area contributed by atoms with Crippen LogP contribution in [0.25, 0.3) is 127 Å². The molecular formula is C55H32N4O. The average Bonchev–Trinajstić information content (AvgIpc) is 3.85. The van der Waals surface area contributed by atoms with Gasteiger partial charge in [-0.3, -0.25) is 0 Å². The molecule has 0 saturated heterocycles. The van der Waals surface area contributed by atoms with Gasteiger partial charge in [0.25, 0.3) is 0 Å². The van der Waals surface area contributed by atoms with Gasteiger partial charge in [0.2, 0.25) is 0 Å². The number of furan rings is 1. The molecule has 0 saturated carbocycles. The van der Waals surface area contributed by atoms with Crippen LogP contribution in [-0.2, 0) is 0 Å². The Kier molecular flexibility index (Phi) is 6.95. The van der Waals surface area contributed by atoms with E-state index in [1.165, 1.54) is 26.9 Å². The highest BCUT2D eigenvalue weighted by Crippen LogP contribution is 2.42. The van der Waals surface area contributed by atoms with Crippen LogP contribution in [0.3, 0.4) is 0 Å². The number of rotatable bonds is 4. The summed E-state index contributed by atoms with van der Waals surface area (Å²) in [5.41, 5.74) is 7.53. The van der Waals surface area contributed by atoms with Crippen LogP contribution in [0.1, 0.15) is 0 Å². The number of fused-ring (bicyclic) bond motifs is 11. The summed E-state index contributed by atoms with van der Waals surface area (Å²) < 4.78 is 9.14. The summed E-state index contributed by atoms with van der Waals surface area (Å²) in [6.45, 7) is 0. The van der Waals surface area contributed by atoms with Crippen molar-refractivity contribution in [3.8, 4) is 39.9 Å². The number of nitrogens with zero attached hydrogens (tertiary/aromatic N) is 4. The fourth-order valence-electron chi connectivity index (χ4n) is 9.37. The van der Waals surface area contributed by atoms with Crippen molar-refractivity contribution in [1.82, 2.24) is 19.5 Å². The fraction of sp³-hybridized carbons (Fsp3) is 0. The van der Waals surface area contributed by atoms with Crippen molar-refractivity contribution in [2.24, 2.45) is 0 Å². The highest BCUT2D eigenvalue weighted by atomic mass is 16.3. The summed E-state index contributed by atoms with van der Waals surface area (Å²) in [7, 11) is 0. The third-order valence-corrected chi connectivity index (χ3v) is 12.1. The first-order chi connectivity index (χ1) is 29.7. The molecule has 0 aliphatic carbocycles. The molecule has 5 nitrogen and oxygen atoms in total. The maximum absolute atomic E-state index is 6.75. The SMILES string of the molecule is c1ccc2cc(-c3nc(-c4cc(-n5c6ccccc6c6cc7ccccc7cc65)c5c(c4)oc4ccccc45)nc(-c4cc5ccccc5c5ccccc45)n3)ccc2c1. The molecule has 0 unspecified atom stereocenters. The molecule has 0 bridgehead atoms. The number of benzene rings is 10. The normalized spacial score (nSPS) is 12.0. The Morgan fingerprint density at radius 1 is 0.333 bits per heavy atom. The minimum absolute atomic E-state index is 0.565. The van der Waals surface area contributed by atoms with Gasteiger partial charge in [-0.1, -0.05) is 146 Å². The second kappa shape index (κ2) is 12.7. The third-order valence-electron chi connectivity index (χ3n) is 12.1. The Hall–Kier alpha value is -8.15. The Labute approximate surface area is 343 Å². The zero-order valence-electron chi connectivity index (χ0n) is 32.2. The van der Waals surface area contributed by atoms with E-state index in [4.69, 9.17) is 19.4 Å². The summed E-state index contributed by atoms with van der Waals surface area (Å²) in [5, 5.41) is 13.7. The molecule has 0 aliphatic heterocycles. The van der Waals surface area contributed by atoms with Crippen LogP contribution in [0.4, 0.5) is 0 Å². The monoisotopic (exact) mass is 764 g/mol. The van der Waals surface area contributed by atoms with Crippen molar-refractivity contribution in [2.75, 3.05) is 0 Å². The van der Waals surface area contributed by atoms with E-state index in [2.05, 4.69) is 187 Å². The Morgan fingerprint density at radius 3 is 1.75 bits per heavy atom. The lowest BCUT2D eigenvalue weighted by Crippen LogP contribution is -2.02. The fourth-order valence-corrected chi connectivity index (χ4v) is 9.37. The average molecular weight is 765 g/mol. The maximum Gasteiger partial charge on any atom is 0.164 e. The zero-order chi connectivity index (χ0) is 39.3. The van der Waals surface area contributed by atoms with Gasteiger partial charge in [0.1, 0.15) is 11.2 Å². The smallest absolute Gasteiger partial charge is 0.164 e. The van der Waals surface area contributed by atoms with Crippen LogP contribution in [-0.4, -0.2) is 19.5 Å². The topological polar surface area (TPSA) is 56.7 Å². The van der Waals surface area contributed by atoms with Crippen molar-refractivity contribution in [3.05, 3.63) is 194 Å². The standard InChI is InChI=1S/C55H32N4O/c1-2-14-34-27-38(26-25-33(34)13-1)53-56-54(58-55(57-53)46-29-37-17-5-6-18-40(37)41-19-7-8-20-42(41)46)39-31-49(52-44-22-10-12-24-50(44)60-51(52)32-39)59-47-23-11-9-21-43(47)45-28-35-15-3-4-16-36(35)30-48(45)59/h1-32H. The Balaban J connectivity index is 1.14. The largest absolute Gasteiger partial charge is 0.456 e. The zero-order valence-corrected chi connectivity index (χ0v) is 32.2. The first kappa shape index (κ1) is 32.9. The van der Waals surface area contributed by atoms with Crippen LogP contribution in [0, 0.1) is 0 Å². The minimum Gasteiger partial charge on any atom is -0.456 e. The molecule has 13 aromatic rings. The first-order valence-corrected chi connectivity index (χ1v) is 20.3. The van der Waals surface area contributed by atoms with E-state index in [-0.39, 0.29) is 0 Å². The van der Waals surface area contributed by atoms with Crippen molar-refractivity contribution in [2.45, 2.75) is 0 Å². The third kappa shape index (κ3) is 4.96. The van der Waals surface area contributed by atoms with Crippen LogP contribution >= 0.6 is 0 Å². The van der Waals surface area contributed by atoms with Crippen molar-refractivity contribution < 1.29 is 4.42 Å². The van der Waals surface area contributed by atoms with E-state index in [0.29, 0.717) is 17.5 Å². The van der Waals surface area contributed by atoms with E-state index >= 15 is 0 Å². The molecule has 0 atom stereocenters. The van der Waals surface area contributed by atoms with Crippen molar-refractivity contribution in [1.29, 1.82) is 0 Å². The lowest BCUT2D eigenvalue weighted by molar-refractivity contribution is 0.669. The summed E-state index contributed by atoms with van der Waals surface area (Å²) >= 11 is 0. The minimum atomic E-state index is 0.565. The molecule has 0 N–H and O–H groups in total. The van der Waals surface area contributed by atoms with Crippen LogP contribution in [0.15, 0.2) is 199 Å². The molecule has 278 valence electrons. The summed E-state index contributed by atoms with van der Waals surface area (Å²) in [4.78, 5) is 16.0. The number of para-hydroxylation sites is 2. The van der Waals surface area contributed by atoms with Gasteiger partial charge >= 0.3 is 0 Å². The van der Waals surface area contributed by atoms with Gasteiger partial charge in [-0.25, -0.2) is 15.0 Å². The lowest BCUT2D eigenvalue weighted by atomic mass is 9.97.